The molecule has 0 bridgehead atoms. The van der Waals surface area contributed by atoms with Crippen LogP contribution >= 0.6 is 21.6 Å². The van der Waals surface area contributed by atoms with Crippen LogP contribution in [0.1, 0.15) is 6.92 Å². The Morgan fingerprint density at radius 2 is 1.89 bits per heavy atom. The van der Waals surface area contributed by atoms with Crippen molar-refractivity contribution in [2.75, 3.05) is 19.1 Å². The van der Waals surface area contributed by atoms with Gasteiger partial charge in [0.1, 0.15) is 5.25 Å². The summed E-state index contributed by atoms with van der Waals surface area (Å²) in [5.41, 5.74) is 0.821. The van der Waals surface area contributed by atoms with Crippen LogP contribution in [0.2, 0.25) is 0 Å². The number of rotatable bonds is 4. The summed E-state index contributed by atoms with van der Waals surface area (Å²) in [5.74, 6) is -0.331. The molecule has 0 aliphatic heterocycles. The fourth-order valence-electron chi connectivity index (χ4n) is 1.13. The highest BCUT2D eigenvalue weighted by Crippen LogP contribution is 2.31. The van der Waals surface area contributed by atoms with Gasteiger partial charge in [-0.1, -0.05) is 29.0 Å². The molecule has 0 aromatic heterocycles. The molecule has 1 atom stereocenters. The smallest absolute Gasteiger partial charge is 0.319 e. The number of benzene rings is 1. The average Bonchev–Trinajstić information content (AvgIpc) is 2.43. The lowest BCUT2D eigenvalue weighted by atomic mass is 10.3. The fraction of sp³-hybridized carbons (Fsp3) is 0.333. The maximum Gasteiger partial charge on any atom is 0.319 e. The van der Waals surface area contributed by atoms with Crippen molar-refractivity contribution in [3.05, 3.63) is 30.3 Å². The SMILES string of the molecule is COC(=O)C(C)SSC(=O)N(C)c1ccccc1. The first-order valence-electron chi connectivity index (χ1n) is 5.30. The van der Waals surface area contributed by atoms with E-state index in [0.29, 0.717) is 0 Å². The van der Waals surface area contributed by atoms with E-state index in [2.05, 4.69) is 4.74 Å². The molecule has 0 spiro atoms. The Hall–Kier alpha value is -1.14. The van der Waals surface area contributed by atoms with Crippen LogP contribution < -0.4 is 4.90 Å². The first-order valence-corrected chi connectivity index (χ1v) is 7.51. The zero-order valence-electron chi connectivity index (χ0n) is 10.5. The van der Waals surface area contributed by atoms with Gasteiger partial charge in [-0.3, -0.25) is 9.59 Å². The van der Waals surface area contributed by atoms with Crippen LogP contribution in [0.4, 0.5) is 10.5 Å². The van der Waals surface area contributed by atoms with Gasteiger partial charge in [0.15, 0.2) is 0 Å². The van der Waals surface area contributed by atoms with E-state index in [1.54, 1.807) is 18.9 Å². The quantitative estimate of drug-likeness (QED) is 0.628. The summed E-state index contributed by atoms with van der Waals surface area (Å²) >= 11 is 0. The van der Waals surface area contributed by atoms with Gasteiger partial charge in [0.05, 0.1) is 7.11 Å². The van der Waals surface area contributed by atoms with Crippen molar-refractivity contribution in [2.24, 2.45) is 0 Å². The largest absolute Gasteiger partial charge is 0.468 e. The van der Waals surface area contributed by atoms with Crippen LogP contribution in [-0.2, 0) is 9.53 Å². The third kappa shape index (κ3) is 4.27. The van der Waals surface area contributed by atoms with Gasteiger partial charge in [0, 0.05) is 23.5 Å². The van der Waals surface area contributed by atoms with Crippen molar-refractivity contribution >= 4 is 38.5 Å². The van der Waals surface area contributed by atoms with Gasteiger partial charge in [-0.25, -0.2) is 0 Å². The Balaban J connectivity index is 2.49. The number of carbonyl (C=O) groups is 2. The third-order valence-corrected chi connectivity index (χ3v) is 4.79. The molecule has 1 unspecified atom stereocenters. The number of esters is 1. The molecule has 0 aliphatic rings. The summed E-state index contributed by atoms with van der Waals surface area (Å²) in [4.78, 5) is 24.6. The molecule has 0 heterocycles. The third-order valence-electron chi connectivity index (χ3n) is 2.21. The topological polar surface area (TPSA) is 46.6 Å². The van der Waals surface area contributed by atoms with Crippen molar-refractivity contribution in [3.63, 3.8) is 0 Å². The van der Waals surface area contributed by atoms with Crippen LogP contribution in [0, 0.1) is 0 Å². The molecule has 0 fully saturated rings. The summed E-state index contributed by atoms with van der Waals surface area (Å²) < 4.78 is 4.59. The molecule has 0 radical (unpaired) electrons. The minimum atomic E-state index is -0.367. The van der Waals surface area contributed by atoms with Crippen LogP contribution in [-0.4, -0.2) is 30.6 Å². The number of carbonyl (C=O) groups excluding carboxylic acids is 2. The average molecular weight is 285 g/mol. The van der Waals surface area contributed by atoms with Crippen molar-refractivity contribution in [1.29, 1.82) is 0 Å². The second kappa shape index (κ2) is 7.33. The fourth-order valence-corrected chi connectivity index (χ4v) is 3.00. The molecule has 1 aromatic carbocycles. The number of anilines is 1. The van der Waals surface area contributed by atoms with Gasteiger partial charge in [0.2, 0.25) is 0 Å². The second-order valence-corrected chi connectivity index (χ2v) is 6.00. The van der Waals surface area contributed by atoms with Crippen LogP contribution in [0.5, 0.6) is 0 Å². The Kier molecular flexibility index (Phi) is 6.07. The van der Waals surface area contributed by atoms with Crippen LogP contribution in [0.15, 0.2) is 30.3 Å². The number of hydrogen-bond donors (Lipinski definition) is 0. The van der Waals surface area contributed by atoms with Crippen molar-refractivity contribution < 1.29 is 14.3 Å². The zero-order chi connectivity index (χ0) is 13.5. The van der Waals surface area contributed by atoms with E-state index < -0.39 is 0 Å². The Morgan fingerprint density at radius 3 is 2.44 bits per heavy atom. The molecule has 18 heavy (non-hydrogen) atoms. The molecular weight excluding hydrogens is 270 g/mol. The van der Waals surface area contributed by atoms with E-state index in [1.807, 2.05) is 30.3 Å². The number of amides is 1. The van der Waals surface area contributed by atoms with Crippen LogP contribution in [0.25, 0.3) is 0 Å². The van der Waals surface area contributed by atoms with Crippen LogP contribution in [0.3, 0.4) is 0 Å². The Bertz CT molecular complexity index is 411. The van der Waals surface area contributed by atoms with Gasteiger partial charge in [-0.15, -0.1) is 0 Å². The highest BCUT2D eigenvalue weighted by molar-refractivity contribution is 8.82. The Morgan fingerprint density at radius 1 is 1.28 bits per heavy atom. The van der Waals surface area contributed by atoms with Crippen molar-refractivity contribution in [3.8, 4) is 0 Å². The van der Waals surface area contributed by atoms with Crippen molar-refractivity contribution in [2.45, 2.75) is 12.2 Å². The molecular formula is C12H15NO3S2. The zero-order valence-corrected chi connectivity index (χ0v) is 12.1. The summed E-state index contributed by atoms with van der Waals surface area (Å²) in [6.45, 7) is 1.71. The van der Waals surface area contributed by atoms with E-state index in [9.17, 15) is 9.59 Å². The monoisotopic (exact) mass is 285 g/mol. The normalized spacial score (nSPS) is 11.7. The van der Waals surface area contributed by atoms with E-state index in [1.165, 1.54) is 17.9 Å². The summed E-state index contributed by atoms with van der Waals surface area (Å²) in [7, 11) is 5.26. The van der Waals surface area contributed by atoms with E-state index >= 15 is 0 Å². The maximum absolute atomic E-state index is 11.9. The molecule has 6 heteroatoms. The van der Waals surface area contributed by atoms with Gasteiger partial charge in [0.25, 0.3) is 5.24 Å². The van der Waals surface area contributed by atoms with Crippen molar-refractivity contribution in [1.82, 2.24) is 0 Å². The molecule has 0 saturated carbocycles. The molecule has 98 valence electrons. The number of hydrogen-bond acceptors (Lipinski definition) is 5. The first-order chi connectivity index (χ1) is 8.56. The number of nitrogens with zero attached hydrogens (tertiary/aromatic N) is 1. The van der Waals surface area contributed by atoms with E-state index in [0.717, 1.165) is 16.5 Å². The molecule has 0 saturated heterocycles. The van der Waals surface area contributed by atoms with Gasteiger partial charge >= 0.3 is 5.97 Å². The predicted octanol–water partition coefficient (Wildman–Crippen LogP) is 3.19. The Labute approximate surface area is 114 Å². The minimum Gasteiger partial charge on any atom is -0.468 e. The standard InChI is InChI=1S/C12H15NO3S2/c1-9(11(14)16-3)17-18-12(15)13(2)10-7-5-4-6-8-10/h4-9H,1-3H3. The van der Waals surface area contributed by atoms with E-state index in [4.69, 9.17) is 0 Å². The highest BCUT2D eigenvalue weighted by atomic mass is 33.1. The maximum atomic E-state index is 11.9. The molecule has 0 aliphatic carbocycles. The number of ether oxygens (including phenoxy) is 1. The molecule has 1 aromatic rings. The minimum absolute atomic E-state index is 0.123. The van der Waals surface area contributed by atoms with E-state index in [-0.39, 0.29) is 16.5 Å². The van der Waals surface area contributed by atoms with Gasteiger partial charge < -0.3 is 9.64 Å². The lowest BCUT2D eigenvalue weighted by Crippen LogP contribution is -2.22. The molecule has 1 amide bonds. The van der Waals surface area contributed by atoms with Gasteiger partial charge in [-0.05, 0) is 19.1 Å². The van der Waals surface area contributed by atoms with Gasteiger partial charge in [-0.2, -0.15) is 0 Å². The molecule has 1 rings (SSSR count). The summed E-state index contributed by atoms with van der Waals surface area (Å²) in [5, 5.41) is -0.491. The summed E-state index contributed by atoms with van der Waals surface area (Å²) in [6.07, 6.45) is 0. The lowest BCUT2D eigenvalue weighted by Gasteiger charge is -2.16. The molecule has 4 nitrogen and oxygen atoms in total. The predicted molar refractivity (Wildman–Crippen MR) is 76.9 cm³/mol. The first kappa shape index (κ1) is 14.9. The lowest BCUT2D eigenvalue weighted by molar-refractivity contribution is -0.139. The summed E-state index contributed by atoms with van der Waals surface area (Å²) in [6, 6.07) is 9.34. The number of para-hydroxylation sites is 1. The number of methoxy groups -OCH3 is 1. The second-order valence-electron chi connectivity index (χ2n) is 3.51. The highest BCUT2D eigenvalue weighted by Gasteiger charge is 2.18. The molecule has 0 N–H and O–H groups in total.